The molecule has 0 saturated carbocycles. The van der Waals surface area contributed by atoms with Crippen molar-refractivity contribution >= 4 is 28.2 Å². The van der Waals surface area contributed by atoms with E-state index >= 15 is 0 Å². The van der Waals surface area contributed by atoms with Gasteiger partial charge >= 0.3 is 0 Å². The van der Waals surface area contributed by atoms with E-state index in [0.29, 0.717) is 11.2 Å². The first-order valence-corrected chi connectivity index (χ1v) is 11.2. The maximum atomic E-state index is 10.1. The molecule has 0 radical (unpaired) electrons. The Labute approximate surface area is 193 Å². The van der Waals surface area contributed by atoms with Crippen LogP contribution in [0.2, 0.25) is 0 Å². The number of imidazole rings is 1. The minimum absolute atomic E-state index is 0.0457. The quantitative estimate of drug-likeness (QED) is 0.318. The van der Waals surface area contributed by atoms with E-state index in [-0.39, 0.29) is 6.04 Å². The third kappa shape index (κ3) is 3.32. The topological polar surface area (TPSA) is 57.2 Å². The lowest BCUT2D eigenvalue weighted by molar-refractivity contribution is 0.726. The van der Waals surface area contributed by atoms with Crippen LogP contribution in [0, 0.1) is 18.3 Å². The summed E-state index contributed by atoms with van der Waals surface area (Å²) in [6.07, 6.45) is 2.62. The summed E-state index contributed by atoms with van der Waals surface area (Å²) in [5, 5.41) is 10.1. The van der Waals surface area contributed by atoms with Crippen molar-refractivity contribution < 1.29 is 0 Å². The molecule has 0 saturated heterocycles. The minimum Gasteiger partial charge on any atom is -0.318 e. The fourth-order valence-corrected chi connectivity index (χ4v) is 4.71. The van der Waals surface area contributed by atoms with E-state index in [1.807, 2.05) is 49.5 Å². The van der Waals surface area contributed by atoms with Crippen molar-refractivity contribution in [2.75, 3.05) is 4.90 Å². The fraction of sp³-hybridized carbons (Fsp3) is 0.179. The maximum absolute atomic E-state index is 10.1. The number of para-hydroxylation sites is 3. The van der Waals surface area contributed by atoms with Crippen molar-refractivity contribution in [3.05, 3.63) is 101 Å². The molecule has 3 aromatic heterocycles. The molecule has 162 valence electrons. The van der Waals surface area contributed by atoms with Crippen LogP contribution in [-0.4, -0.2) is 14.4 Å². The van der Waals surface area contributed by atoms with Crippen molar-refractivity contribution in [3.8, 4) is 6.07 Å². The van der Waals surface area contributed by atoms with Gasteiger partial charge in [0.25, 0.3) is 0 Å². The highest BCUT2D eigenvalue weighted by Crippen LogP contribution is 2.41. The third-order valence-electron chi connectivity index (χ3n) is 6.32. The first-order valence-electron chi connectivity index (χ1n) is 11.2. The number of nitriles is 1. The van der Waals surface area contributed by atoms with E-state index in [1.54, 1.807) is 0 Å². The molecule has 33 heavy (non-hydrogen) atoms. The summed E-state index contributed by atoms with van der Waals surface area (Å²) in [7, 11) is 0. The first kappa shape index (κ1) is 20.7. The average Bonchev–Trinajstić information content (AvgIpc) is 3.24. The zero-order valence-electron chi connectivity index (χ0n) is 19.0. The van der Waals surface area contributed by atoms with Gasteiger partial charge in [-0.1, -0.05) is 43.3 Å². The van der Waals surface area contributed by atoms with E-state index in [4.69, 9.17) is 4.98 Å². The Bertz CT molecular complexity index is 1480. The largest absolute Gasteiger partial charge is 0.318 e. The van der Waals surface area contributed by atoms with Gasteiger partial charge in [0.15, 0.2) is 5.65 Å². The van der Waals surface area contributed by atoms with Crippen LogP contribution >= 0.6 is 0 Å². The number of rotatable bonds is 5. The Morgan fingerprint density at radius 3 is 2.42 bits per heavy atom. The van der Waals surface area contributed by atoms with Crippen LogP contribution in [-0.2, 0) is 6.42 Å². The van der Waals surface area contributed by atoms with Gasteiger partial charge in [-0.15, -0.1) is 0 Å². The van der Waals surface area contributed by atoms with Crippen LogP contribution in [0.15, 0.2) is 79.0 Å². The molecule has 2 aromatic carbocycles. The summed E-state index contributed by atoms with van der Waals surface area (Å²) >= 11 is 0. The van der Waals surface area contributed by atoms with Crippen LogP contribution in [0.25, 0.3) is 16.7 Å². The van der Waals surface area contributed by atoms with E-state index in [1.165, 1.54) is 0 Å². The monoisotopic (exact) mass is 431 g/mol. The van der Waals surface area contributed by atoms with E-state index in [9.17, 15) is 5.26 Å². The number of aromatic nitrogens is 3. The van der Waals surface area contributed by atoms with Gasteiger partial charge in [0.1, 0.15) is 11.9 Å². The molecule has 1 unspecified atom stereocenters. The Balaban J connectivity index is 1.94. The van der Waals surface area contributed by atoms with Crippen LogP contribution < -0.4 is 4.90 Å². The highest BCUT2D eigenvalue weighted by Gasteiger charge is 2.28. The van der Waals surface area contributed by atoms with Gasteiger partial charge < -0.3 is 4.90 Å². The summed E-state index contributed by atoms with van der Waals surface area (Å²) in [5.74, 6) is 1.03. The zero-order valence-corrected chi connectivity index (χ0v) is 19.0. The van der Waals surface area contributed by atoms with Crippen LogP contribution in [0.5, 0.6) is 0 Å². The predicted octanol–water partition coefficient (Wildman–Crippen LogP) is 6.52. The molecule has 5 nitrogen and oxygen atoms in total. The van der Waals surface area contributed by atoms with Crippen LogP contribution in [0.4, 0.5) is 11.5 Å². The van der Waals surface area contributed by atoms with Gasteiger partial charge in [-0.05, 0) is 67.8 Å². The molecule has 0 N–H and O–H groups in total. The molecule has 5 rings (SSSR count). The molecular weight excluding hydrogens is 406 g/mol. The Morgan fingerprint density at radius 1 is 1.00 bits per heavy atom. The highest BCUT2D eigenvalue weighted by atomic mass is 15.3. The van der Waals surface area contributed by atoms with Crippen LogP contribution in [0.3, 0.4) is 0 Å². The second-order valence-corrected chi connectivity index (χ2v) is 8.16. The lowest BCUT2D eigenvalue weighted by Crippen LogP contribution is -2.26. The van der Waals surface area contributed by atoms with Crippen molar-refractivity contribution in [2.24, 2.45) is 0 Å². The second-order valence-electron chi connectivity index (χ2n) is 8.16. The fourth-order valence-electron chi connectivity index (χ4n) is 4.71. The van der Waals surface area contributed by atoms with Gasteiger partial charge in [-0.2, -0.15) is 5.26 Å². The molecule has 0 amide bonds. The summed E-state index contributed by atoms with van der Waals surface area (Å²) in [6, 6.07) is 26.9. The molecule has 3 heterocycles. The number of benzene rings is 2. The van der Waals surface area contributed by atoms with Gasteiger partial charge in [0, 0.05) is 11.9 Å². The van der Waals surface area contributed by atoms with Crippen LogP contribution in [0.1, 0.15) is 42.3 Å². The first-order chi connectivity index (χ1) is 16.2. The third-order valence-corrected chi connectivity index (χ3v) is 6.32. The van der Waals surface area contributed by atoms with Crippen molar-refractivity contribution in [2.45, 2.75) is 33.2 Å². The number of pyridine rings is 2. The molecule has 0 fully saturated rings. The van der Waals surface area contributed by atoms with Gasteiger partial charge in [-0.25, -0.2) is 4.98 Å². The van der Waals surface area contributed by atoms with E-state index in [2.05, 4.69) is 70.6 Å². The van der Waals surface area contributed by atoms with Gasteiger partial charge in [0.05, 0.1) is 28.3 Å². The maximum Gasteiger partial charge on any atom is 0.157 e. The standard InChI is InChI=1S/C28H25N5/c1-4-22-19(2)23(18-29)27-31-25-15-8-9-16-26(25)33(27)28(22)32(21-12-6-5-7-13-21)20(3)24-14-10-11-17-30-24/h5-17,20H,4H2,1-3H3. The predicted molar refractivity (Wildman–Crippen MR) is 133 cm³/mol. The SMILES string of the molecule is CCc1c(C)c(C#N)c2nc3ccccc3n2c1N(c1ccccc1)C(C)c1ccccn1. The second kappa shape index (κ2) is 8.40. The molecule has 0 bridgehead atoms. The molecule has 5 aromatic rings. The number of hydrogen-bond donors (Lipinski definition) is 0. The molecule has 5 heteroatoms. The summed E-state index contributed by atoms with van der Waals surface area (Å²) in [5.41, 5.74) is 7.34. The number of fused-ring (bicyclic) bond motifs is 3. The van der Waals surface area contributed by atoms with Crippen molar-refractivity contribution in [1.82, 2.24) is 14.4 Å². The van der Waals surface area contributed by atoms with Gasteiger partial charge in [0.2, 0.25) is 0 Å². The van der Waals surface area contributed by atoms with Gasteiger partial charge in [-0.3, -0.25) is 9.38 Å². The molecule has 0 aliphatic rings. The molecule has 1 atom stereocenters. The van der Waals surface area contributed by atoms with Crippen molar-refractivity contribution in [1.29, 1.82) is 5.26 Å². The van der Waals surface area contributed by atoms with E-state index < -0.39 is 0 Å². The summed E-state index contributed by atoms with van der Waals surface area (Å²) in [6.45, 7) is 6.36. The normalized spacial score (nSPS) is 12.1. The smallest absolute Gasteiger partial charge is 0.157 e. The number of hydrogen-bond acceptors (Lipinski definition) is 4. The molecular formula is C28H25N5. The van der Waals surface area contributed by atoms with Crippen molar-refractivity contribution in [3.63, 3.8) is 0 Å². The number of anilines is 2. The average molecular weight is 432 g/mol. The highest BCUT2D eigenvalue weighted by molar-refractivity contribution is 5.87. The summed E-state index contributed by atoms with van der Waals surface area (Å²) < 4.78 is 2.16. The summed E-state index contributed by atoms with van der Waals surface area (Å²) in [4.78, 5) is 11.9. The van der Waals surface area contributed by atoms with E-state index in [0.717, 1.165) is 45.8 Å². The molecule has 0 aliphatic carbocycles. The Kier molecular flexibility index (Phi) is 5.27. The molecule has 0 spiro atoms. The Morgan fingerprint density at radius 2 is 1.73 bits per heavy atom. The lowest BCUT2D eigenvalue weighted by Gasteiger charge is -2.34. The zero-order chi connectivity index (χ0) is 22.9. The Hall–Kier alpha value is -4.17. The minimum atomic E-state index is -0.0457. The number of nitrogens with zero attached hydrogens (tertiary/aromatic N) is 5. The molecule has 0 aliphatic heterocycles. The lowest BCUT2D eigenvalue weighted by atomic mass is 10.0.